The number of rotatable bonds is 3. The monoisotopic (exact) mass is 449 g/mol. The Morgan fingerprint density at radius 2 is 1.94 bits per heavy atom. The van der Waals surface area contributed by atoms with E-state index in [0.29, 0.717) is 6.61 Å². The van der Waals surface area contributed by atoms with Crippen molar-refractivity contribution >= 4 is 17.3 Å². The molecule has 2 aromatic carbocycles. The number of anilines is 1. The Kier molecular flexibility index (Phi) is 4.75. The van der Waals surface area contributed by atoms with Gasteiger partial charge >= 0.3 is 0 Å². The maximum absolute atomic E-state index is 6.64. The zero-order chi connectivity index (χ0) is 21.8. The van der Waals surface area contributed by atoms with Crippen molar-refractivity contribution in [2.24, 2.45) is 0 Å². The molecule has 0 saturated carbocycles. The lowest BCUT2D eigenvalue weighted by molar-refractivity contribution is -0.0451. The van der Waals surface area contributed by atoms with Crippen LogP contribution in [0.3, 0.4) is 0 Å². The van der Waals surface area contributed by atoms with E-state index in [1.807, 2.05) is 18.2 Å². The van der Waals surface area contributed by atoms with Crippen LogP contribution in [0.1, 0.15) is 30.5 Å². The van der Waals surface area contributed by atoms with Crippen LogP contribution in [-0.2, 0) is 16.8 Å². The van der Waals surface area contributed by atoms with Crippen molar-refractivity contribution in [2.45, 2.75) is 36.9 Å². The molecule has 2 spiro atoms. The van der Waals surface area contributed by atoms with E-state index in [1.165, 1.54) is 11.3 Å². The second-order valence-corrected chi connectivity index (χ2v) is 9.78. The SMILES string of the molecule is COc1ccc2c(c1)NC1(COC3(CCN(Cc4ccccc4Cl)CC3)C1)c1cccn1-2. The lowest BCUT2D eigenvalue weighted by atomic mass is 9.79. The van der Waals surface area contributed by atoms with Gasteiger partial charge < -0.3 is 19.4 Å². The summed E-state index contributed by atoms with van der Waals surface area (Å²) in [7, 11) is 1.71. The Hall–Kier alpha value is -2.47. The molecule has 166 valence electrons. The number of nitrogens with one attached hydrogen (secondary N) is 1. The van der Waals surface area contributed by atoms with Crippen molar-refractivity contribution in [1.29, 1.82) is 0 Å². The number of halogens is 1. The summed E-state index contributed by atoms with van der Waals surface area (Å²) in [5, 5.41) is 4.71. The minimum atomic E-state index is -0.215. The summed E-state index contributed by atoms with van der Waals surface area (Å²) < 4.78 is 14.4. The highest BCUT2D eigenvalue weighted by Gasteiger charge is 2.53. The van der Waals surface area contributed by atoms with Crippen molar-refractivity contribution < 1.29 is 9.47 Å². The van der Waals surface area contributed by atoms with E-state index in [9.17, 15) is 0 Å². The summed E-state index contributed by atoms with van der Waals surface area (Å²) in [5.41, 5.74) is 4.44. The summed E-state index contributed by atoms with van der Waals surface area (Å²) in [5.74, 6) is 0.864. The molecule has 2 fully saturated rings. The molecule has 0 amide bonds. The molecule has 3 aromatic rings. The highest BCUT2D eigenvalue weighted by atomic mass is 35.5. The molecule has 0 aliphatic carbocycles. The number of ether oxygens (including phenoxy) is 2. The predicted octanol–water partition coefficient (Wildman–Crippen LogP) is 5.22. The zero-order valence-electron chi connectivity index (χ0n) is 18.3. The molecule has 3 aliphatic rings. The van der Waals surface area contributed by atoms with Gasteiger partial charge in [-0.15, -0.1) is 0 Å². The van der Waals surface area contributed by atoms with Crippen LogP contribution in [0.5, 0.6) is 5.75 Å². The Morgan fingerprint density at radius 1 is 1.09 bits per heavy atom. The topological polar surface area (TPSA) is 38.7 Å². The van der Waals surface area contributed by atoms with Crippen molar-refractivity contribution in [1.82, 2.24) is 9.47 Å². The maximum Gasteiger partial charge on any atom is 0.121 e. The fourth-order valence-electron chi connectivity index (χ4n) is 5.74. The number of hydrogen-bond donors (Lipinski definition) is 1. The third-order valence-electron chi connectivity index (χ3n) is 7.44. The summed E-state index contributed by atoms with van der Waals surface area (Å²) >= 11 is 6.39. The zero-order valence-corrected chi connectivity index (χ0v) is 19.1. The van der Waals surface area contributed by atoms with Crippen molar-refractivity contribution in [3.63, 3.8) is 0 Å². The summed E-state index contributed by atoms with van der Waals surface area (Å²) in [6.07, 6.45) is 5.19. The standard InChI is InChI=1S/C26H28ClN3O2/c1-31-20-8-9-23-22(15-20)28-26(24-7-4-12-30(23)24)17-25(32-18-26)10-13-29(14-11-25)16-19-5-2-3-6-21(19)27/h2-9,12,15,28H,10-11,13-14,16-18H2,1H3. The second kappa shape index (κ2) is 7.55. The highest BCUT2D eigenvalue weighted by molar-refractivity contribution is 6.31. The molecule has 0 radical (unpaired) electrons. The minimum absolute atomic E-state index is 0.0878. The lowest BCUT2D eigenvalue weighted by Gasteiger charge is -2.41. The van der Waals surface area contributed by atoms with E-state index in [1.54, 1.807) is 7.11 Å². The molecule has 1 N–H and O–H groups in total. The molecule has 6 heteroatoms. The van der Waals surface area contributed by atoms with E-state index < -0.39 is 0 Å². The Labute approximate surface area is 193 Å². The van der Waals surface area contributed by atoms with E-state index in [0.717, 1.165) is 61.0 Å². The number of aromatic nitrogens is 1. The molecule has 1 atom stereocenters. The molecule has 4 heterocycles. The van der Waals surface area contributed by atoms with Gasteiger partial charge in [-0.25, -0.2) is 0 Å². The summed E-state index contributed by atoms with van der Waals surface area (Å²) in [4.78, 5) is 2.50. The van der Waals surface area contributed by atoms with Crippen LogP contribution in [0.25, 0.3) is 5.69 Å². The first-order valence-corrected chi connectivity index (χ1v) is 11.7. The molecule has 3 aliphatic heterocycles. The van der Waals surface area contributed by atoms with Crippen LogP contribution in [-0.4, -0.2) is 41.9 Å². The Balaban J connectivity index is 1.22. The molecule has 5 nitrogen and oxygen atoms in total. The van der Waals surface area contributed by atoms with Gasteiger partial charge in [0.05, 0.1) is 36.4 Å². The largest absolute Gasteiger partial charge is 0.497 e. The molecular formula is C26H28ClN3O2. The first-order chi connectivity index (χ1) is 15.6. The summed E-state index contributed by atoms with van der Waals surface area (Å²) in [6.45, 7) is 3.62. The van der Waals surface area contributed by atoms with Crippen LogP contribution in [0, 0.1) is 0 Å². The van der Waals surface area contributed by atoms with Gasteiger partial charge in [-0.05, 0) is 48.7 Å². The van der Waals surface area contributed by atoms with Gasteiger partial charge in [0.25, 0.3) is 0 Å². The third kappa shape index (κ3) is 3.22. The Bertz CT molecular complexity index is 1150. The van der Waals surface area contributed by atoms with E-state index in [-0.39, 0.29) is 11.1 Å². The van der Waals surface area contributed by atoms with Gasteiger partial charge in [-0.3, -0.25) is 4.90 Å². The first kappa shape index (κ1) is 20.2. The average Bonchev–Trinajstić information content (AvgIpc) is 3.44. The van der Waals surface area contributed by atoms with E-state index >= 15 is 0 Å². The van der Waals surface area contributed by atoms with Crippen LogP contribution >= 0.6 is 11.6 Å². The quantitative estimate of drug-likeness (QED) is 0.595. The van der Waals surface area contributed by atoms with Crippen LogP contribution < -0.4 is 10.1 Å². The number of hydrogen-bond acceptors (Lipinski definition) is 4. The van der Waals surface area contributed by atoms with Gasteiger partial charge in [0, 0.05) is 43.3 Å². The van der Waals surface area contributed by atoms with Crippen LogP contribution in [0.15, 0.2) is 60.8 Å². The van der Waals surface area contributed by atoms with Crippen molar-refractivity contribution in [2.75, 3.05) is 32.1 Å². The number of piperidine rings is 1. The van der Waals surface area contributed by atoms with Crippen LogP contribution in [0.2, 0.25) is 5.02 Å². The molecule has 2 saturated heterocycles. The summed E-state index contributed by atoms with van der Waals surface area (Å²) in [6, 6.07) is 18.8. The van der Waals surface area contributed by atoms with E-state index in [2.05, 4.69) is 57.4 Å². The smallest absolute Gasteiger partial charge is 0.121 e. The lowest BCUT2D eigenvalue weighted by Crippen LogP contribution is -2.46. The van der Waals surface area contributed by atoms with Gasteiger partial charge in [-0.1, -0.05) is 29.8 Å². The van der Waals surface area contributed by atoms with Gasteiger partial charge in [0.15, 0.2) is 0 Å². The number of methoxy groups -OCH3 is 1. The Morgan fingerprint density at radius 3 is 2.75 bits per heavy atom. The first-order valence-electron chi connectivity index (χ1n) is 11.3. The molecule has 32 heavy (non-hydrogen) atoms. The molecule has 0 bridgehead atoms. The molecule has 1 aromatic heterocycles. The highest BCUT2D eigenvalue weighted by Crippen LogP contribution is 2.50. The fraction of sp³-hybridized carbons (Fsp3) is 0.385. The van der Waals surface area contributed by atoms with Gasteiger partial charge in [0.1, 0.15) is 11.3 Å². The van der Waals surface area contributed by atoms with Crippen molar-refractivity contribution in [3.8, 4) is 11.4 Å². The van der Waals surface area contributed by atoms with Crippen LogP contribution in [0.4, 0.5) is 5.69 Å². The molecule has 1 unspecified atom stereocenters. The molecule has 6 rings (SSSR count). The van der Waals surface area contributed by atoms with Crippen molar-refractivity contribution in [3.05, 3.63) is 77.1 Å². The average molecular weight is 450 g/mol. The predicted molar refractivity (Wildman–Crippen MR) is 127 cm³/mol. The minimum Gasteiger partial charge on any atom is -0.497 e. The number of fused-ring (bicyclic) bond motifs is 4. The molecular weight excluding hydrogens is 422 g/mol. The third-order valence-corrected chi connectivity index (χ3v) is 7.81. The van der Waals surface area contributed by atoms with E-state index in [4.69, 9.17) is 21.1 Å². The maximum atomic E-state index is 6.64. The van der Waals surface area contributed by atoms with Gasteiger partial charge in [-0.2, -0.15) is 0 Å². The van der Waals surface area contributed by atoms with Gasteiger partial charge in [0.2, 0.25) is 0 Å². The number of benzene rings is 2. The number of likely N-dealkylation sites (tertiary alicyclic amines) is 1. The second-order valence-electron chi connectivity index (χ2n) is 9.37. The number of nitrogens with zero attached hydrogens (tertiary/aromatic N) is 2. The fourth-order valence-corrected chi connectivity index (χ4v) is 5.93. The normalized spacial score (nSPS) is 23.7.